The van der Waals surface area contributed by atoms with Gasteiger partial charge >= 0.3 is 0 Å². The lowest BCUT2D eigenvalue weighted by Gasteiger charge is -2.45. The van der Waals surface area contributed by atoms with Gasteiger partial charge in [0.25, 0.3) is 0 Å². The lowest BCUT2D eigenvalue weighted by atomic mass is 9.72. The zero-order chi connectivity index (χ0) is 29.5. The Morgan fingerprint density at radius 1 is 0.579 bits per heavy atom. The van der Waals surface area contributed by atoms with E-state index in [-0.39, 0.29) is 0 Å². The molecule has 16 heteroatoms. The van der Waals surface area contributed by atoms with Gasteiger partial charge in [-0.15, -0.1) is 0 Å². The van der Waals surface area contributed by atoms with Gasteiger partial charge in [0.2, 0.25) is 11.6 Å². The highest BCUT2D eigenvalue weighted by atomic mass is 19.2. The number of aliphatic hydroxyl groups excluding tert-OH is 4. The number of halogens is 10. The van der Waals surface area contributed by atoms with E-state index in [1.54, 1.807) is 0 Å². The minimum absolute atomic E-state index is 0.906. The van der Waals surface area contributed by atoms with Crippen molar-refractivity contribution in [3.63, 3.8) is 0 Å². The van der Waals surface area contributed by atoms with E-state index < -0.39 is 125 Å². The zero-order valence-electron chi connectivity index (χ0n) is 19.0. The fraction of sp³-hybridized carbons (Fsp3) is 0.455. The molecular weight excluding hydrogens is 550 g/mol. The summed E-state index contributed by atoms with van der Waals surface area (Å²) in [4.78, 5) is 0. The Morgan fingerprint density at radius 3 is 1.21 bits per heavy atom. The first-order chi connectivity index (χ1) is 17.4. The highest BCUT2D eigenvalue weighted by Gasteiger charge is 2.55. The Morgan fingerprint density at radius 2 is 0.895 bits per heavy atom. The van der Waals surface area contributed by atoms with Crippen molar-refractivity contribution in [3.05, 3.63) is 69.3 Å². The van der Waals surface area contributed by atoms with Crippen LogP contribution in [0.3, 0.4) is 0 Å². The van der Waals surface area contributed by atoms with Crippen LogP contribution in [0.15, 0.2) is 0 Å². The molecule has 0 aliphatic heterocycles. The molecule has 2 rings (SSSR count). The highest BCUT2D eigenvalue weighted by molar-refractivity contribution is 5.29. The third-order valence-corrected chi connectivity index (χ3v) is 6.20. The third kappa shape index (κ3) is 5.20. The van der Waals surface area contributed by atoms with Crippen molar-refractivity contribution in [1.29, 1.82) is 0 Å². The van der Waals surface area contributed by atoms with Crippen LogP contribution in [0, 0.1) is 58.2 Å². The van der Waals surface area contributed by atoms with Gasteiger partial charge in [-0.1, -0.05) is 6.92 Å². The molecule has 0 heterocycles. The fourth-order valence-corrected chi connectivity index (χ4v) is 3.88. The number of benzene rings is 2. The lowest BCUT2D eigenvalue weighted by Crippen LogP contribution is -2.66. The summed E-state index contributed by atoms with van der Waals surface area (Å²) in [6.07, 6.45) is -13.4. The summed E-state index contributed by atoms with van der Waals surface area (Å²) in [6, 6.07) is 0. The van der Waals surface area contributed by atoms with Crippen molar-refractivity contribution in [2.75, 3.05) is 6.61 Å². The monoisotopic (exact) mass is 570 g/mol. The minimum atomic E-state index is -3.80. The second-order valence-electron chi connectivity index (χ2n) is 8.50. The van der Waals surface area contributed by atoms with E-state index in [0.717, 1.165) is 6.92 Å². The van der Waals surface area contributed by atoms with Gasteiger partial charge in [-0.2, -0.15) is 0 Å². The van der Waals surface area contributed by atoms with E-state index in [1.807, 2.05) is 0 Å². The van der Waals surface area contributed by atoms with Gasteiger partial charge in [-0.3, -0.25) is 0 Å². The van der Waals surface area contributed by atoms with Crippen molar-refractivity contribution < 1.29 is 74.5 Å². The highest BCUT2D eigenvalue weighted by Crippen LogP contribution is 2.37. The van der Waals surface area contributed by atoms with Crippen LogP contribution in [0.4, 0.5) is 43.9 Å². The zero-order valence-corrected chi connectivity index (χ0v) is 19.0. The summed E-state index contributed by atoms with van der Waals surface area (Å²) in [5.41, 5.74) is -10.7. The maximum Gasteiger partial charge on any atom is 0.200 e. The molecule has 6 N–H and O–H groups in total. The van der Waals surface area contributed by atoms with Crippen molar-refractivity contribution >= 4 is 0 Å². The van der Waals surface area contributed by atoms with Gasteiger partial charge in [-0.25, -0.2) is 43.9 Å². The van der Waals surface area contributed by atoms with Gasteiger partial charge in [0, 0.05) is 24.0 Å². The van der Waals surface area contributed by atoms with Gasteiger partial charge in [0.1, 0.15) is 23.9 Å². The number of aliphatic hydroxyl groups is 6. The van der Waals surface area contributed by atoms with E-state index in [0.29, 0.717) is 0 Å². The Labute approximate surface area is 207 Å². The van der Waals surface area contributed by atoms with E-state index >= 15 is 0 Å². The Hall–Kier alpha value is -2.50. The molecule has 2 aromatic rings. The molecule has 0 saturated heterocycles. The van der Waals surface area contributed by atoms with E-state index in [4.69, 9.17) is 5.11 Å². The van der Waals surface area contributed by atoms with Crippen LogP contribution in [0.1, 0.15) is 24.5 Å². The molecule has 0 spiro atoms. The molecule has 0 radical (unpaired) electrons. The Bertz CT molecular complexity index is 1160. The molecule has 6 nitrogen and oxygen atoms in total. The van der Waals surface area contributed by atoms with Crippen molar-refractivity contribution in [3.8, 4) is 0 Å². The molecule has 0 aliphatic carbocycles. The lowest BCUT2D eigenvalue weighted by molar-refractivity contribution is -0.229. The molecular formula is C22H20F10O6. The smallest absolute Gasteiger partial charge is 0.200 e. The first-order valence-electron chi connectivity index (χ1n) is 10.5. The standard InChI is InChI=1S/C22H20F10O6/c1-2-21(37,3-6-9(23)13(27)17(31)14(28)10(6)24)20(36)22(38,19(35)8(34)5-33)4-7-11(25)15(29)18(32)16(30)12(7)26/h8,19-20,33-38H,2-5H2,1H3/t8-,19+,20+,21?,22+/m0/s1. The quantitative estimate of drug-likeness (QED) is 0.147. The summed E-state index contributed by atoms with van der Waals surface area (Å²) < 4.78 is 139. The van der Waals surface area contributed by atoms with Crippen molar-refractivity contribution in [1.82, 2.24) is 0 Å². The Balaban J connectivity index is 2.75. The number of hydrogen-bond acceptors (Lipinski definition) is 6. The molecule has 214 valence electrons. The molecule has 1 unspecified atom stereocenters. The van der Waals surface area contributed by atoms with Crippen molar-refractivity contribution in [2.24, 2.45) is 0 Å². The molecule has 0 saturated carbocycles. The number of hydrogen-bond donors (Lipinski definition) is 6. The SMILES string of the molecule is CCC(O)(Cc1c(F)c(F)c(F)c(F)c1F)[C@@H](O)[C@@](O)(Cc1c(F)c(F)c(F)c(F)c1F)[C@H](O)[C@@H](O)CO. The van der Waals surface area contributed by atoms with E-state index in [2.05, 4.69) is 0 Å². The van der Waals surface area contributed by atoms with Gasteiger partial charge < -0.3 is 30.6 Å². The fourth-order valence-electron chi connectivity index (χ4n) is 3.88. The summed E-state index contributed by atoms with van der Waals surface area (Å²) in [7, 11) is 0. The van der Waals surface area contributed by atoms with Crippen LogP contribution in [0.25, 0.3) is 0 Å². The first-order valence-corrected chi connectivity index (χ1v) is 10.5. The van der Waals surface area contributed by atoms with Crippen LogP contribution >= 0.6 is 0 Å². The largest absolute Gasteiger partial charge is 0.394 e. The van der Waals surface area contributed by atoms with Gasteiger partial charge in [-0.05, 0) is 6.42 Å². The van der Waals surface area contributed by atoms with Gasteiger partial charge in [0.15, 0.2) is 46.5 Å². The predicted molar refractivity (Wildman–Crippen MR) is 105 cm³/mol. The van der Waals surface area contributed by atoms with E-state index in [1.165, 1.54) is 0 Å². The molecule has 0 bridgehead atoms. The van der Waals surface area contributed by atoms with Crippen LogP contribution in [-0.4, -0.2) is 66.8 Å². The van der Waals surface area contributed by atoms with Crippen molar-refractivity contribution in [2.45, 2.75) is 55.7 Å². The second kappa shape index (κ2) is 11.3. The maximum atomic E-state index is 14.3. The molecule has 2 aromatic carbocycles. The topological polar surface area (TPSA) is 121 Å². The predicted octanol–water partition coefficient (Wildman–Crippen LogP) is 1.81. The molecule has 0 aliphatic rings. The maximum absolute atomic E-state index is 14.3. The normalized spacial score (nSPS) is 17.6. The van der Waals surface area contributed by atoms with Crippen LogP contribution in [0.5, 0.6) is 0 Å². The second-order valence-corrected chi connectivity index (χ2v) is 8.50. The van der Waals surface area contributed by atoms with E-state index in [9.17, 15) is 69.4 Å². The molecule has 0 amide bonds. The third-order valence-electron chi connectivity index (χ3n) is 6.20. The Kier molecular flexibility index (Phi) is 9.44. The van der Waals surface area contributed by atoms with Crippen LogP contribution in [0.2, 0.25) is 0 Å². The summed E-state index contributed by atoms with van der Waals surface area (Å²) in [5, 5.41) is 62.0. The average Bonchev–Trinajstić information content (AvgIpc) is 2.91. The van der Waals surface area contributed by atoms with Gasteiger partial charge in [0.05, 0.1) is 12.2 Å². The molecule has 5 atom stereocenters. The van der Waals surface area contributed by atoms with Crippen LogP contribution in [-0.2, 0) is 12.8 Å². The average molecular weight is 570 g/mol. The molecule has 38 heavy (non-hydrogen) atoms. The molecule has 0 fully saturated rings. The van der Waals surface area contributed by atoms with Crippen LogP contribution < -0.4 is 0 Å². The summed E-state index contributed by atoms with van der Waals surface area (Å²) in [6.45, 7) is -0.557. The summed E-state index contributed by atoms with van der Waals surface area (Å²) >= 11 is 0. The summed E-state index contributed by atoms with van der Waals surface area (Å²) in [5.74, 6) is -25.4. The molecule has 0 aromatic heterocycles. The minimum Gasteiger partial charge on any atom is -0.394 e. The number of rotatable bonds is 10. The first kappa shape index (κ1) is 31.7.